The van der Waals surface area contributed by atoms with E-state index in [2.05, 4.69) is 4.74 Å². The minimum absolute atomic E-state index is 0. The second kappa shape index (κ2) is 8.28. The van der Waals surface area contributed by atoms with Crippen LogP contribution in [0.1, 0.15) is 28.4 Å². The predicted octanol–water partition coefficient (Wildman–Crippen LogP) is -0.860. The molecule has 1 heterocycles. The Morgan fingerprint density at radius 3 is 2.21 bits per heavy atom. The number of carboxylic acid groups (broad SMARTS) is 1. The Morgan fingerprint density at radius 1 is 1.14 bits per heavy atom. The fourth-order valence-electron chi connectivity index (χ4n) is 4.01. The van der Waals surface area contributed by atoms with E-state index in [0.29, 0.717) is 24.2 Å². The molecule has 1 atom stereocenters. The van der Waals surface area contributed by atoms with Crippen molar-refractivity contribution in [1.29, 1.82) is 0 Å². The average Bonchev–Trinajstić information content (AvgIpc) is 2.59. The van der Waals surface area contributed by atoms with Gasteiger partial charge in [0, 0.05) is 18.5 Å². The van der Waals surface area contributed by atoms with E-state index in [1.165, 1.54) is 30.3 Å². The third kappa shape index (κ3) is 4.62. The molecule has 1 aliphatic heterocycles. The number of aromatic carboxylic acids is 1. The topological polar surface area (TPSA) is 72.8 Å². The Hall–Kier alpha value is -1.58. The maximum Gasteiger partial charge on any atom is 1.00 e. The zero-order valence-corrected chi connectivity index (χ0v) is 18.3. The molecule has 3 rings (SSSR count). The van der Waals surface area contributed by atoms with Crippen molar-refractivity contribution >= 4 is 5.97 Å². The summed E-state index contributed by atoms with van der Waals surface area (Å²) in [5.74, 6) is -1.79. The van der Waals surface area contributed by atoms with Gasteiger partial charge in [0.25, 0.3) is 0 Å². The number of hydrogen-bond acceptors (Lipinski definition) is 5. The summed E-state index contributed by atoms with van der Waals surface area (Å²) in [6.07, 6.45) is -4.82. The molecule has 0 spiro atoms. The molecule has 0 aromatic heterocycles. The summed E-state index contributed by atoms with van der Waals surface area (Å²) in [6, 6.07) is 10.7. The fraction of sp³-hybridized carbons (Fsp3) is 0.350. The van der Waals surface area contributed by atoms with Crippen LogP contribution in [0.25, 0.3) is 0 Å². The third-order valence-electron chi connectivity index (χ3n) is 5.13. The largest absolute Gasteiger partial charge is 1.00 e. The van der Waals surface area contributed by atoms with Gasteiger partial charge in [-0.15, -0.1) is 13.2 Å². The van der Waals surface area contributed by atoms with Gasteiger partial charge >= 0.3 is 35.9 Å². The molecule has 0 radical (unpaired) electrons. The fourth-order valence-corrected chi connectivity index (χ4v) is 4.01. The van der Waals surface area contributed by atoms with Gasteiger partial charge in [0.1, 0.15) is 11.4 Å². The first-order valence-electron chi connectivity index (χ1n) is 8.54. The maximum absolute atomic E-state index is 12.4. The molecule has 150 valence electrons. The molecule has 2 aromatic rings. The smallest absolute Gasteiger partial charge is 0.545 e. The van der Waals surface area contributed by atoms with Crippen LogP contribution in [0, 0.1) is 5.41 Å². The van der Waals surface area contributed by atoms with Crippen molar-refractivity contribution in [3.05, 3.63) is 65.2 Å². The predicted molar refractivity (Wildman–Crippen MR) is 92.5 cm³/mol. The Kier molecular flexibility index (Phi) is 6.76. The molecule has 0 saturated carbocycles. The summed E-state index contributed by atoms with van der Waals surface area (Å²) in [7, 11) is 1.88. The van der Waals surface area contributed by atoms with Crippen molar-refractivity contribution in [1.82, 2.24) is 4.90 Å². The number of ether oxygens (including phenoxy) is 1. The second-order valence-corrected chi connectivity index (χ2v) is 7.38. The van der Waals surface area contributed by atoms with E-state index in [9.17, 15) is 28.2 Å². The number of carbonyl (C=O) groups is 1. The Bertz CT molecular complexity index is 882. The van der Waals surface area contributed by atoms with Crippen molar-refractivity contribution in [2.75, 3.05) is 20.1 Å². The first-order chi connectivity index (χ1) is 12.9. The minimum Gasteiger partial charge on any atom is -0.545 e. The normalized spacial score (nSPS) is 18.1. The summed E-state index contributed by atoms with van der Waals surface area (Å²) in [5, 5.41) is 23.0. The Labute approximate surface area is 188 Å². The minimum atomic E-state index is -4.82. The van der Waals surface area contributed by atoms with Crippen molar-refractivity contribution < 1.29 is 62.5 Å². The van der Waals surface area contributed by atoms with E-state index >= 15 is 0 Å². The van der Waals surface area contributed by atoms with Crippen molar-refractivity contribution in [2.24, 2.45) is 5.41 Å². The molecule has 5 nitrogen and oxygen atoms in total. The summed E-state index contributed by atoms with van der Waals surface area (Å²) in [4.78, 5) is 13.2. The van der Waals surface area contributed by atoms with Crippen molar-refractivity contribution in [3.63, 3.8) is 0 Å². The van der Waals surface area contributed by atoms with Gasteiger partial charge in [0.2, 0.25) is 0 Å². The number of hydrogen-bond donors (Lipinski definition) is 1. The number of nitrogens with zero attached hydrogens (tertiary/aromatic N) is 1. The number of alkyl halides is 3. The Morgan fingerprint density at radius 2 is 1.72 bits per heavy atom. The molecule has 1 saturated heterocycles. The maximum atomic E-state index is 12.4. The van der Waals surface area contributed by atoms with E-state index in [-0.39, 0.29) is 35.1 Å². The number of aliphatic hydroxyl groups is 1. The summed E-state index contributed by atoms with van der Waals surface area (Å²) < 4.78 is 41.1. The third-order valence-corrected chi connectivity index (χ3v) is 5.13. The first kappa shape index (κ1) is 23.7. The first-order valence-corrected chi connectivity index (χ1v) is 8.54. The average molecular weight is 417 g/mol. The van der Waals surface area contributed by atoms with E-state index in [1.807, 2.05) is 18.9 Å². The Balaban J connectivity index is 0.00000300. The standard InChI is InChI=1S/C20H20F3NO4.Na/c1-18(11-24(2)12-18)19(27,15-5-3-4-13(10-15)17(25)26)14-6-8-16(9-7-14)28-20(21,22)23;/h3-10,27H,11-12H2,1-2H3,(H,25,26);/q;+1/p-1. The molecule has 0 bridgehead atoms. The quantitative estimate of drug-likeness (QED) is 0.642. The summed E-state index contributed by atoms with van der Waals surface area (Å²) in [5.41, 5.74) is -1.73. The van der Waals surface area contributed by atoms with Crippen molar-refractivity contribution in [2.45, 2.75) is 18.9 Å². The zero-order chi connectivity index (χ0) is 20.7. The van der Waals surface area contributed by atoms with E-state index in [0.717, 1.165) is 12.1 Å². The van der Waals surface area contributed by atoms with Gasteiger partial charge in [0.15, 0.2) is 0 Å². The van der Waals surface area contributed by atoms with Gasteiger partial charge < -0.3 is 24.6 Å². The molecule has 29 heavy (non-hydrogen) atoms. The van der Waals surface area contributed by atoms with E-state index in [4.69, 9.17) is 0 Å². The monoisotopic (exact) mass is 417 g/mol. The molecule has 1 N–H and O–H groups in total. The van der Waals surface area contributed by atoms with Crippen LogP contribution < -0.4 is 39.4 Å². The van der Waals surface area contributed by atoms with Crippen LogP contribution >= 0.6 is 0 Å². The van der Waals surface area contributed by atoms with Crippen molar-refractivity contribution in [3.8, 4) is 5.75 Å². The summed E-state index contributed by atoms with van der Waals surface area (Å²) in [6.45, 7) is 2.87. The molecule has 0 amide bonds. The number of carboxylic acids is 1. The van der Waals surface area contributed by atoms with E-state index < -0.39 is 29.1 Å². The molecule has 2 aromatic carbocycles. The number of likely N-dealkylation sites (tertiary alicyclic amines) is 1. The van der Waals surface area contributed by atoms with Crippen LogP contribution in [0.2, 0.25) is 0 Å². The number of halogens is 3. The van der Waals surface area contributed by atoms with Crippen LogP contribution in [0.3, 0.4) is 0 Å². The number of benzene rings is 2. The number of carbonyl (C=O) groups excluding carboxylic acids is 1. The second-order valence-electron chi connectivity index (χ2n) is 7.38. The van der Waals surface area contributed by atoms with Crippen LogP contribution in [0.5, 0.6) is 5.75 Å². The zero-order valence-electron chi connectivity index (χ0n) is 16.3. The number of rotatable bonds is 5. The molecule has 0 aliphatic carbocycles. The molecule has 1 fully saturated rings. The van der Waals surface area contributed by atoms with Crippen LogP contribution in [0.15, 0.2) is 48.5 Å². The van der Waals surface area contributed by atoms with Gasteiger partial charge in [-0.3, -0.25) is 0 Å². The SMILES string of the molecule is CN1CC(C)(C(O)(c2ccc(OC(F)(F)F)cc2)c2cccc(C(=O)[O-])c2)C1.[Na+]. The molecular formula is C20H19F3NNaO4. The summed E-state index contributed by atoms with van der Waals surface area (Å²) >= 11 is 0. The van der Waals surface area contributed by atoms with Gasteiger partial charge in [0.05, 0.1) is 5.97 Å². The molecule has 9 heteroatoms. The van der Waals surface area contributed by atoms with Gasteiger partial charge in [-0.2, -0.15) is 0 Å². The van der Waals surface area contributed by atoms with Gasteiger partial charge in [-0.05, 0) is 41.9 Å². The van der Waals surface area contributed by atoms with Crippen LogP contribution in [0.4, 0.5) is 13.2 Å². The van der Waals surface area contributed by atoms with Crippen LogP contribution in [-0.2, 0) is 5.60 Å². The van der Waals surface area contributed by atoms with E-state index in [1.54, 1.807) is 6.07 Å². The molecular weight excluding hydrogens is 398 g/mol. The van der Waals surface area contributed by atoms with Crippen LogP contribution in [-0.4, -0.2) is 42.5 Å². The molecule has 1 aliphatic rings. The molecule has 1 unspecified atom stereocenters. The van der Waals surface area contributed by atoms with Gasteiger partial charge in [-0.1, -0.05) is 37.3 Å². The van der Waals surface area contributed by atoms with Gasteiger partial charge in [-0.25, -0.2) is 0 Å².